The van der Waals surface area contributed by atoms with Crippen LogP contribution in [0, 0.1) is 11.6 Å². The Kier molecular flexibility index (Phi) is 4.71. The third-order valence-electron chi connectivity index (χ3n) is 2.72. The van der Waals surface area contributed by atoms with Crippen molar-refractivity contribution in [3.05, 3.63) is 59.7 Å². The van der Waals surface area contributed by atoms with Gasteiger partial charge in [-0.3, -0.25) is 0 Å². The van der Waals surface area contributed by atoms with Crippen molar-refractivity contribution in [2.75, 3.05) is 18.5 Å². The summed E-state index contributed by atoms with van der Waals surface area (Å²) in [6, 6.07) is 9.59. The number of nitrogens with one attached hydrogen (secondary N) is 1. The van der Waals surface area contributed by atoms with E-state index in [4.69, 9.17) is 9.84 Å². The molecule has 21 heavy (non-hydrogen) atoms. The summed E-state index contributed by atoms with van der Waals surface area (Å²) in [4.78, 5) is 10.8. The summed E-state index contributed by atoms with van der Waals surface area (Å²) in [7, 11) is 0. The number of hydrogen-bond donors (Lipinski definition) is 2. The van der Waals surface area contributed by atoms with Gasteiger partial charge >= 0.3 is 5.97 Å². The molecule has 0 aliphatic rings. The Morgan fingerprint density at radius 3 is 2.48 bits per heavy atom. The lowest BCUT2D eigenvalue weighted by atomic mass is 10.2. The molecule has 2 N–H and O–H groups in total. The fourth-order valence-corrected chi connectivity index (χ4v) is 1.73. The molecule has 0 spiro atoms. The van der Waals surface area contributed by atoms with E-state index in [1.165, 1.54) is 18.2 Å². The first-order valence-electron chi connectivity index (χ1n) is 6.22. The molecule has 0 amide bonds. The number of carboxylic acid groups (broad SMARTS) is 1. The lowest BCUT2D eigenvalue weighted by Gasteiger charge is -2.10. The van der Waals surface area contributed by atoms with E-state index >= 15 is 0 Å². The van der Waals surface area contributed by atoms with Gasteiger partial charge in [-0.05, 0) is 30.3 Å². The summed E-state index contributed by atoms with van der Waals surface area (Å²) >= 11 is 0. The summed E-state index contributed by atoms with van der Waals surface area (Å²) in [6.45, 7) is 0.312. The molecular weight excluding hydrogens is 280 g/mol. The maximum absolute atomic E-state index is 13.3. The third kappa shape index (κ3) is 3.92. The molecule has 0 heterocycles. The summed E-state index contributed by atoms with van der Waals surface area (Å²) in [6.07, 6.45) is 0. The van der Waals surface area contributed by atoms with E-state index in [9.17, 15) is 13.6 Å². The van der Waals surface area contributed by atoms with Gasteiger partial charge in [0.2, 0.25) is 0 Å². The normalized spacial score (nSPS) is 10.2. The quantitative estimate of drug-likeness (QED) is 0.803. The van der Waals surface area contributed by atoms with Gasteiger partial charge in [0, 0.05) is 6.54 Å². The predicted molar refractivity (Wildman–Crippen MR) is 73.7 cm³/mol. The Morgan fingerprint density at radius 2 is 1.81 bits per heavy atom. The molecule has 0 saturated heterocycles. The summed E-state index contributed by atoms with van der Waals surface area (Å²) in [5, 5.41) is 11.4. The van der Waals surface area contributed by atoms with Crippen LogP contribution in [0.25, 0.3) is 0 Å². The van der Waals surface area contributed by atoms with Gasteiger partial charge in [-0.25, -0.2) is 13.6 Å². The molecule has 0 aliphatic heterocycles. The predicted octanol–water partition coefficient (Wildman–Crippen LogP) is 3.15. The van der Waals surface area contributed by atoms with Crippen molar-refractivity contribution < 1.29 is 23.4 Å². The highest BCUT2D eigenvalue weighted by Gasteiger charge is 2.07. The molecule has 0 radical (unpaired) electrons. The van der Waals surface area contributed by atoms with Gasteiger partial charge in [-0.2, -0.15) is 0 Å². The van der Waals surface area contributed by atoms with Crippen molar-refractivity contribution >= 4 is 11.7 Å². The number of carboxylic acids is 1. The van der Waals surface area contributed by atoms with Crippen LogP contribution in [-0.2, 0) is 0 Å². The molecule has 110 valence electrons. The molecule has 6 heteroatoms. The summed E-state index contributed by atoms with van der Waals surface area (Å²) in [5.41, 5.74) is -0.0963. The molecular formula is C15H13F2NO3. The van der Waals surface area contributed by atoms with Crippen LogP contribution in [0.3, 0.4) is 0 Å². The first-order chi connectivity index (χ1) is 10.1. The van der Waals surface area contributed by atoms with Gasteiger partial charge in [0.25, 0.3) is 0 Å². The molecule has 0 aromatic heterocycles. The van der Waals surface area contributed by atoms with Crippen molar-refractivity contribution in [2.45, 2.75) is 0 Å². The number of carbonyl (C=O) groups is 1. The van der Waals surface area contributed by atoms with Gasteiger partial charge in [0.05, 0.1) is 5.56 Å². The average Bonchev–Trinajstić information content (AvgIpc) is 2.46. The highest BCUT2D eigenvalue weighted by molar-refractivity contribution is 5.87. The minimum absolute atomic E-state index is 0.112. The number of para-hydroxylation sites is 1. The molecule has 2 aromatic rings. The molecule has 4 nitrogen and oxygen atoms in total. The molecule has 0 aliphatic carbocycles. The Morgan fingerprint density at radius 1 is 1.14 bits per heavy atom. The lowest BCUT2D eigenvalue weighted by Crippen LogP contribution is -2.13. The number of aromatic carboxylic acids is 1. The third-order valence-corrected chi connectivity index (χ3v) is 2.72. The van der Waals surface area contributed by atoms with E-state index in [1.54, 1.807) is 12.1 Å². The highest BCUT2D eigenvalue weighted by Crippen LogP contribution is 2.18. The second kappa shape index (κ2) is 6.69. The number of hydrogen-bond acceptors (Lipinski definition) is 3. The summed E-state index contributed by atoms with van der Waals surface area (Å²) < 4.78 is 32.0. The second-order valence-corrected chi connectivity index (χ2v) is 4.20. The van der Waals surface area contributed by atoms with E-state index in [0.717, 1.165) is 12.1 Å². The van der Waals surface area contributed by atoms with E-state index in [1.807, 2.05) is 0 Å². The number of rotatable bonds is 6. The zero-order valence-electron chi connectivity index (χ0n) is 11.0. The number of ether oxygens (including phenoxy) is 1. The molecule has 0 fully saturated rings. The molecule has 0 unspecified atom stereocenters. The number of halogens is 2. The maximum atomic E-state index is 13.3. The highest BCUT2D eigenvalue weighted by atomic mass is 19.1. The van der Waals surface area contributed by atoms with Gasteiger partial charge in [0.15, 0.2) is 0 Å². The zero-order valence-corrected chi connectivity index (χ0v) is 11.0. The van der Waals surface area contributed by atoms with Crippen LogP contribution in [0.1, 0.15) is 10.4 Å². The fourth-order valence-electron chi connectivity index (χ4n) is 1.73. The van der Waals surface area contributed by atoms with Gasteiger partial charge in [-0.1, -0.05) is 12.1 Å². The van der Waals surface area contributed by atoms with Crippen molar-refractivity contribution in [3.63, 3.8) is 0 Å². The maximum Gasteiger partial charge on any atom is 0.335 e. The SMILES string of the molecule is O=C(O)c1cccc(OCCNc2c(F)cccc2F)c1. The van der Waals surface area contributed by atoms with E-state index in [2.05, 4.69) is 5.32 Å². The van der Waals surface area contributed by atoms with Crippen LogP contribution in [0.15, 0.2) is 42.5 Å². The Labute approximate surface area is 120 Å². The Balaban J connectivity index is 1.88. The smallest absolute Gasteiger partial charge is 0.335 e. The van der Waals surface area contributed by atoms with Crippen LogP contribution in [0.4, 0.5) is 14.5 Å². The topological polar surface area (TPSA) is 58.6 Å². The number of benzene rings is 2. The monoisotopic (exact) mass is 293 g/mol. The standard InChI is InChI=1S/C15H13F2NO3/c16-12-5-2-6-13(17)14(12)18-7-8-21-11-4-1-3-10(9-11)15(19)20/h1-6,9,18H,7-8H2,(H,19,20). The van der Waals surface area contributed by atoms with Crippen molar-refractivity contribution in [1.82, 2.24) is 0 Å². The van der Waals surface area contributed by atoms with Gasteiger partial charge < -0.3 is 15.2 Å². The van der Waals surface area contributed by atoms with Crippen LogP contribution < -0.4 is 10.1 Å². The van der Waals surface area contributed by atoms with Crippen LogP contribution in [0.2, 0.25) is 0 Å². The number of anilines is 1. The van der Waals surface area contributed by atoms with Crippen molar-refractivity contribution in [1.29, 1.82) is 0 Å². The van der Waals surface area contributed by atoms with Crippen LogP contribution in [-0.4, -0.2) is 24.2 Å². The minimum Gasteiger partial charge on any atom is -0.492 e. The Hall–Kier alpha value is -2.63. The van der Waals surface area contributed by atoms with E-state index in [0.29, 0.717) is 5.75 Å². The molecule has 0 saturated carbocycles. The first kappa shape index (κ1) is 14.8. The van der Waals surface area contributed by atoms with E-state index < -0.39 is 17.6 Å². The molecule has 2 aromatic carbocycles. The van der Waals surface area contributed by atoms with Crippen LogP contribution in [0.5, 0.6) is 5.75 Å². The molecule has 0 bridgehead atoms. The Bertz CT molecular complexity index is 626. The lowest BCUT2D eigenvalue weighted by molar-refractivity contribution is 0.0696. The fraction of sp³-hybridized carbons (Fsp3) is 0.133. The van der Waals surface area contributed by atoms with Crippen molar-refractivity contribution in [3.8, 4) is 5.75 Å². The minimum atomic E-state index is -1.05. The van der Waals surface area contributed by atoms with Gasteiger partial charge in [0.1, 0.15) is 29.7 Å². The van der Waals surface area contributed by atoms with Gasteiger partial charge in [-0.15, -0.1) is 0 Å². The molecule has 2 rings (SSSR count). The first-order valence-corrected chi connectivity index (χ1v) is 6.22. The average molecular weight is 293 g/mol. The second-order valence-electron chi connectivity index (χ2n) is 4.20. The largest absolute Gasteiger partial charge is 0.492 e. The molecule has 0 atom stereocenters. The van der Waals surface area contributed by atoms with E-state index in [-0.39, 0.29) is 24.4 Å². The van der Waals surface area contributed by atoms with Crippen LogP contribution >= 0.6 is 0 Å². The van der Waals surface area contributed by atoms with Crippen molar-refractivity contribution in [2.24, 2.45) is 0 Å². The summed E-state index contributed by atoms with van der Waals surface area (Å²) in [5.74, 6) is -2.02. The zero-order chi connectivity index (χ0) is 15.2.